The van der Waals surface area contributed by atoms with Crippen LogP contribution in [-0.2, 0) is 0 Å². The first-order valence-electron chi connectivity index (χ1n) is 5.88. The number of terminal acetylenes is 1. The van der Waals surface area contributed by atoms with Crippen LogP contribution in [0.1, 0.15) is 31.9 Å². The zero-order valence-electron chi connectivity index (χ0n) is 10.7. The maximum atomic E-state index is 5.83. The van der Waals surface area contributed by atoms with E-state index in [9.17, 15) is 0 Å². The van der Waals surface area contributed by atoms with E-state index < -0.39 is 0 Å². The van der Waals surface area contributed by atoms with Crippen molar-refractivity contribution in [2.24, 2.45) is 10.7 Å². The minimum absolute atomic E-state index is 0.275. The van der Waals surface area contributed by atoms with Gasteiger partial charge in [0.25, 0.3) is 0 Å². The molecule has 3 N–H and O–H groups in total. The molecule has 0 fully saturated rings. The summed E-state index contributed by atoms with van der Waals surface area (Å²) < 4.78 is 0. The zero-order valence-corrected chi connectivity index (χ0v) is 11.4. The first-order chi connectivity index (χ1) is 8.56. The summed E-state index contributed by atoms with van der Waals surface area (Å²) in [6.45, 7) is 4.11. The standard InChI is InChI=1S/C14H18ClN3/c1-4-10(3)17-14(16)18-13(5-2)11-6-8-12(15)9-7-11/h2,6-10,13H,4H2,1,3H3,(H3,16,17,18). The van der Waals surface area contributed by atoms with Gasteiger partial charge in [0, 0.05) is 11.1 Å². The fourth-order valence-electron chi connectivity index (χ4n) is 1.38. The molecule has 1 aromatic rings. The summed E-state index contributed by atoms with van der Waals surface area (Å²) in [6.07, 6.45) is 6.45. The van der Waals surface area contributed by atoms with E-state index >= 15 is 0 Å². The molecule has 4 heteroatoms. The number of guanidine groups is 1. The van der Waals surface area contributed by atoms with E-state index in [1.54, 1.807) is 12.1 Å². The summed E-state index contributed by atoms with van der Waals surface area (Å²) >= 11 is 5.83. The molecule has 3 nitrogen and oxygen atoms in total. The van der Waals surface area contributed by atoms with Gasteiger partial charge in [-0.15, -0.1) is 6.42 Å². The lowest BCUT2D eigenvalue weighted by Gasteiger charge is -2.14. The number of hydrogen-bond acceptors (Lipinski definition) is 1. The zero-order chi connectivity index (χ0) is 13.5. The quantitative estimate of drug-likeness (QED) is 0.499. The summed E-state index contributed by atoms with van der Waals surface area (Å²) in [4.78, 5) is 4.29. The molecule has 1 aromatic carbocycles. The molecular formula is C14H18ClN3. The Balaban J connectivity index is 2.82. The molecule has 2 atom stereocenters. The highest BCUT2D eigenvalue weighted by atomic mass is 35.5. The molecule has 0 saturated carbocycles. The number of rotatable bonds is 4. The van der Waals surface area contributed by atoms with Crippen molar-refractivity contribution in [3.63, 3.8) is 0 Å². The first kappa shape index (κ1) is 14.4. The van der Waals surface area contributed by atoms with Crippen LogP contribution in [0.5, 0.6) is 0 Å². The van der Waals surface area contributed by atoms with E-state index in [1.165, 1.54) is 0 Å². The van der Waals surface area contributed by atoms with Gasteiger partial charge in [0.15, 0.2) is 5.96 Å². The van der Waals surface area contributed by atoms with Gasteiger partial charge in [-0.05, 0) is 31.0 Å². The Bertz CT molecular complexity index is 445. The first-order valence-corrected chi connectivity index (χ1v) is 6.26. The molecule has 0 aliphatic heterocycles. The highest BCUT2D eigenvalue weighted by molar-refractivity contribution is 6.30. The monoisotopic (exact) mass is 263 g/mol. The molecule has 0 aromatic heterocycles. The molecule has 2 unspecified atom stereocenters. The summed E-state index contributed by atoms with van der Waals surface area (Å²) in [6, 6.07) is 7.17. The average molecular weight is 264 g/mol. The van der Waals surface area contributed by atoms with Crippen LogP contribution in [0.2, 0.25) is 5.02 Å². The van der Waals surface area contributed by atoms with Crippen molar-refractivity contribution in [2.45, 2.75) is 32.4 Å². The fraction of sp³-hybridized carbons (Fsp3) is 0.357. The van der Waals surface area contributed by atoms with E-state index in [1.807, 2.05) is 19.1 Å². The lowest BCUT2D eigenvalue weighted by Crippen LogP contribution is -2.38. The van der Waals surface area contributed by atoms with E-state index in [2.05, 4.69) is 23.2 Å². The minimum Gasteiger partial charge on any atom is -0.370 e. The number of hydrogen-bond donors (Lipinski definition) is 2. The van der Waals surface area contributed by atoms with Crippen molar-refractivity contribution in [2.75, 3.05) is 0 Å². The Hall–Kier alpha value is -1.66. The van der Waals surface area contributed by atoms with Crippen molar-refractivity contribution in [1.82, 2.24) is 5.32 Å². The third-order valence-corrected chi connectivity index (χ3v) is 2.87. The third-order valence-electron chi connectivity index (χ3n) is 2.62. The smallest absolute Gasteiger partial charge is 0.190 e. The van der Waals surface area contributed by atoms with Gasteiger partial charge in [0.2, 0.25) is 0 Å². The number of nitrogens with zero attached hydrogens (tertiary/aromatic N) is 1. The maximum absolute atomic E-state index is 5.83. The van der Waals surface area contributed by atoms with Crippen molar-refractivity contribution >= 4 is 17.6 Å². The molecule has 0 radical (unpaired) electrons. The molecule has 0 amide bonds. The van der Waals surface area contributed by atoms with Crippen LogP contribution in [-0.4, -0.2) is 12.0 Å². The Morgan fingerprint density at radius 1 is 1.50 bits per heavy atom. The molecule has 96 valence electrons. The Labute approximate surface area is 113 Å². The second-order valence-corrected chi connectivity index (χ2v) is 4.53. The second-order valence-electron chi connectivity index (χ2n) is 4.09. The van der Waals surface area contributed by atoms with Gasteiger partial charge in [0.05, 0.1) is 0 Å². The van der Waals surface area contributed by atoms with Crippen LogP contribution in [0.4, 0.5) is 0 Å². The fourth-order valence-corrected chi connectivity index (χ4v) is 1.51. The van der Waals surface area contributed by atoms with Crippen LogP contribution in [0.25, 0.3) is 0 Å². The van der Waals surface area contributed by atoms with Gasteiger partial charge in [-0.25, -0.2) is 4.99 Å². The summed E-state index contributed by atoms with van der Waals surface area (Å²) in [5.74, 6) is 2.97. The van der Waals surface area contributed by atoms with E-state index in [0.29, 0.717) is 11.0 Å². The third kappa shape index (κ3) is 4.31. The molecule has 0 spiro atoms. The number of halogens is 1. The molecule has 1 rings (SSSR count). The number of nitrogens with two attached hydrogens (primary N) is 1. The Morgan fingerprint density at radius 2 is 2.11 bits per heavy atom. The number of nitrogens with one attached hydrogen (secondary N) is 1. The van der Waals surface area contributed by atoms with Gasteiger partial charge in [0.1, 0.15) is 6.04 Å². The van der Waals surface area contributed by atoms with Crippen LogP contribution >= 0.6 is 11.6 Å². The SMILES string of the molecule is C#CC(N=C(N)NC(C)CC)c1ccc(Cl)cc1. The highest BCUT2D eigenvalue weighted by Crippen LogP contribution is 2.18. The number of aliphatic imine (C=N–C) groups is 1. The normalized spacial score (nSPS) is 14.7. The predicted molar refractivity (Wildman–Crippen MR) is 77.5 cm³/mol. The lowest BCUT2D eigenvalue weighted by atomic mass is 10.1. The van der Waals surface area contributed by atoms with Crippen molar-refractivity contribution in [3.05, 3.63) is 34.9 Å². The number of benzene rings is 1. The molecule has 0 aliphatic carbocycles. The van der Waals surface area contributed by atoms with Gasteiger partial charge in [-0.2, -0.15) is 0 Å². The molecule has 0 aliphatic rings. The van der Waals surface area contributed by atoms with Crippen LogP contribution in [0.3, 0.4) is 0 Å². The summed E-state index contributed by atoms with van der Waals surface area (Å²) in [5.41, 5.74) is 6.71. The van der Waals surface area contributed by atoms with Gasteiger partial charge in [-0.3, -0.25) is 0 Å². The summed E-state index contributed by atoms with van der Waals surface area (Å²) in [5, 5.41) is 3.75. The molecule has 18 heavy (non-hydrogen) atoms. The van der Waals surface area contributed by atoms with E-state index in [4.69, 9.17) is 23.8 Å². The van der Waals surface area contributed by atoms with Crippen molar-refractivity contribution in [1.29, 1.82) is 0 Å². The van der Waals surface area contributed by atoms with E-state index in [-0.39, 0.29) is 12.1 Å². The van der Waals surface area contributed by atoms with Gasteiger partial charge in [-0.1, -0.05) is 36.6 Å². The van der Waals surface area contributed by atoms with Crippen LogP contribution in [0, 0.1) is 12.3 Å². The predicted octanol–water partition coefficient (Wildman–Crippen LogP) is 2.72. The topological polar surface area (TPSA) is 50.4 Å². The molecular weight excluding hydrogens is 246 g/mol. The molecule has 0 saturated heterocycles. The maximum Gasteiger partial charge on any atom is 0.190 e. The lowest BCUT2D eigenvalue weighted by molar-refractivity contribution is 0.635. The van der Waals surface area contributed by atoms with Gasteiger partial charge < -0.3 is 11.1 Å². The van der Waals surface area contributed by atoms with Gasteiger partial charge >= 0.3 is 0 Å². The molecule has 0 bridgehead atoms. The average Bonchev–Trinajstić information content (AvgIpc) is 2.37. The largest absolute Gasteiger partial charge is 0.370 e. The van der Waals surface area contributed by atoms with Crippen LogP contribution in [0.15, 0.2) is 29.3 Å². The summed E-state index contributed by atoms with van der Waals surface area (Å²) in [7, 11) is 0. The van der Waals surface area contributed by atoms with Crippen LogP contribution < -0.4 is 11.1 Å². The van der Waals surface area contributed by atoms with Crippen molar-refractivity contribution < 1.29 is 0 Å². The highest BCUT2D eigenvalue weighted by Gasteiger charge is 2.08. The molecule has 0 heterocycles. The Morgan fingerprint density at radius 3 is 2.61 bits per heavy atom. The minimum atomic E-state index is -0.390. The van der Waals surface area contributed by atoms with Crippen molar-refractivity contribution in [3.8, 4) is 12.3 Å². The second kappa shape index (κ2) is 6.93. The Kier molecular flexibility index (Phi) is 5.54. The van der Waals surface area contributed by atoms with E-state index in [0.717, 1.165) is 12.0 Å².